The molecule has 1 aliphatic rings. The molecule has 100 valence electrons. The number of carbonyl (C=O) groups is 1. The molecule has 0 aromatic heterocycles. The highest BCUT2D eigenvalue weighted by molar-refractivity contribution is 7.89. The highest BCUT2D eigenvalue weighted by Gasteiger charge is 2.27. The molecule has 0 amide bonds. The summed E-state index contributed by atoms with van der Waals surface area (Å²) in [7, 11) is -3.10. The molecule has 0 spiro atoms. The van der Waals surface area contributed by atoms with Crippen molar-refractivity contribution in [2.24, 2.45) is 0 Å². The second-order valence-corrected chi connectivity index (χ2v) is 6.56. The zero-order chi connectivity index (χ0) is 13.1. The summed E-state index contributed by atoms with van der Waals surface area (Å²) in [5.74, 6) is -0.759. The van der Waals surface area contributed by atoms with Crippen LogP contribution in [0.25, 0.3) is 0 Å². The largest absolute Gasteiger partial charge is 0.480 e. The van der Waals surface area contributed by atoms with Crippen molar-refractivity contribution in [2.45, 2.75) is 38.8 Å². The van der Waals surface area contributed by atoms with E-state index in [1.54, 1.807) is 13.8 Å². The van der Waals surface area contributed by atoms with Crippen LogP contribution in [-0.4, -0.2) is 54.7 Å². The maximum absolute atomic E-state index is 11.6. The molecule has 17 heavy (non-hydrogen) atoms. The van der Waals surface area contributed by atoms with Crippen LogP contribution in [0.2, 0.25) is 0 Å². The van der Waals surface area contributed by atoms with E-state index in [1.165, 1.54) is 4.31 Å². The van der Waals surface area contributed by atoms with Gasteiger partial charge in [-0.25, -0.2) is 12.7 Å². The zero-order valence-corrected chi connectivity index (χ0v) is 11.0. The number of rotatable bonds is 5. The minimum absolute atomic E-state index is 0.0874. The quantitative estimate of drug-likeness (QED) is 0.722. The second kappa shape index (κ2) is 5.79. The standard InChI is InChI=1S/C10H20N2O4S/c1-3-17(15,16)12-6-4-9(5-7-12)11-8(2)10(13)14/h8-9,11H,3-7H2,1-2H3,(H,13,14). The number of carboxylic acids is 1. The van der Waals surface area contributed by atoms with Gasteiger partial charge in [0.05, 0.1) is 5.75 Å². The first-order chi connectivity index (χ1) is 7.86. The molecule has 1 heterocycles. The Balaban J connectivity index is 2.44. The van der Waals surface area contributed by atoms with Crippen LogP contribution in [-0.2, 0) is 14.8 Å². The van der Waals surface area contributed by atoms with Crippen molar-refractivity contribution in [1.82, 2.24) is 9.62 Å². The van der Waals surface area contributed by atoms with Crippen molar-refractivity contribution < 1.29 is 18.3 Å². The summed E-state index contributed by atoms with van der Waals surface area (Å²) in [6, 6.07) is -0.501. The first-order valence-corrected chi connectivity index (χ1v) is 7.44. The van der Waals surface area contributed by atoms with Gasteiger partial charge in [-0.05, 0) is 26.7 Å². The lowest BCUT2D eigenvalue weighted by Crippen LogP contribution is -2.49. The van der Waals surface area contributed by atoms with E-state index in [-0.39, 0.29) is 11.8 Å². The molecule has 0 aromatic carbocycles. The Morgan fingerprint density at radius 2 is 2.00 bits per heavy atom. The minimum Gasteiger partial charge on any atom is -0.480 e. The molecule has 0 saturated carbocycles. The minimum atomic E-state index is -3.10. The molecule has 1 unspecified atom stereocenters. The Morgan fingerprint density at radius 1 is 1.47 bits per heavy atom. The van der Waals surface area contributed by atoms with E-state index in [4.69, 9.17) is 5.11 Å². The zero-order valence-electron chi connectivity index (χ0n) is 10.2. The summed E-state index contributed by atoms with van der Waals surface area (Å²) in [4.78, 5) is 10.7. The SMILES string of the molecule is CCS(=O)(=O)N1CCC(NC(C)C(=O)O)CC1. The predicted molar refractivity (Wildman–Crippen MR) is 64.3 cm³/mol. The van der Waals surface area contributed by atoms with E-state index in [2.05, 4.69) is 5.32 Å². The van der Waals surface area contributed by atoms with Crippen LogP contribution >= 0.6 is 0 Å². The molecule has 1 rings (SSSR count). The summed E-state index contributed by atoms with van der Waals surface area (Å²) in [5, 5.41) is 11.8. The van der Waals surface area contributed by atoms with Crippen molar-refractivity contribution in [1.29, 1.82) is 0 Å². The van der Waals surface area contributed by atoms with Gasteiger partial charge in [0, 0.05) is 19.1 Å². The van der Waals surface area contributed by atoms with Gasteiger partial charge < -0.3 is 10.4 Å². The van der Waals surface area contributed by atoms with Gasteiger partial charge in [-0.15, -0.1) is 0 Å². The molecule has 7 heteroatoms. The van der Waals surface area contributed by atoms with Crippen molar-refractivity contribution in [3.8, 4) is 0 Å². The lowest BCUT2D eigenvalue weighted by Gasteiger charge is -2.32. The van der Waals surface area contributed by atoms with Crippen molar-refractivity contribution in [2.75, 3.05) is 18.8 Å². The van der Waals surface area contributed by atoms with Crippen molar-refractivity contribution >= 4 is 16.0 Å². The summed E-state index contributed by atoms with van der Waals surface area (Å²) >= 11 is 0. The molecule has 1 atom stereocenters. The molecule has 0 radical (unpaired) electrons. The number of sulfonamides is 1. The molecule has 1 aliphatic heterocycles. The predicted octanol–water partition coefficient (Wildman–Crippen LogP) is -0.137. The Bertz CT molecular complexity index is 361. The fraction of sp³-hybridized carbons (Fsp3) is 0.900. The molecular weight excluding hydrogens is 244 g/mol. The molecular formula is C10H20N2O4S. The van der Waals surface area contributed by atoms with Crippen LogP contribution in [0.1, 0.15) is 26.7 Å². The van der Waals surface area contributed by atoms with E-state index in [9.17, 15) is 13.2 Å². The Labute approximate surface area is 102 Å². The average Bonchev–Trinajstić information content (AvgIpc) is 2.29. The van der Waals surface area contributed by atoms with Crippen LogP contribution in [0.5, 0.6) is 0 Å². The third kappa shape index (κ3) is 3.93. The first kappa shape index (κ1) is 14.4. The van der Waals surface area contributed by atoms with Gasteiger partial charge >= 0.3 is 5.97 Å². The monoisotopic (exact) mass is 264 g/mol. The van der Waals surface area contributed by atoms with E-state index in [0.29, 0.717) is 25.9 Å². The van der Waals surface area contributed by atoms with Gasteiger partial charge in [0.2, 0.25) is 10.0 Å². The molecule has 1 fully saturated rings. The van der Waals surface area contributed by atoms with Crippen molar-refractivity contribution in [3.63, 3.8) is 0 Å². The Morgan fingerprint density at radius 3 is 2.41 bits per heavy atom. The molecule has 0 aromatic rings. The Kier molecular flexibility index (Phi) is 4.91. The Hall–Kier alpha value is -0.660. The summed E-state index contributed by atoms with van der Waals surface area (Å²) < 4.78 is 24.7. The molecule has 2 N–H and O–H groups in total. The molecule has 6 nitrogen and oxygen atoms in total. The number of hydrogen-bond acceptors (Lipinski definition) is 4. The number of nitrogens with one attached hydrogen (secondary N) is 1. The van der Waals surface area contributed by atoms with Gasteiger partial charge in [0.25, 0.3) is 0 Å². The van der Waals surface area contributed by atoms with E-state index in [1.807, 2.05) is 0 Å². The summed E-state index contributed by atoms with van der Waals surface area (Å²) in [6.07, 6.45) is 1.33. The second-order valence-electron chi connectivity index (χ2n) is 4.30. The normalized spacial score (nSPS) is 21.3. The number of nitrogens with zero attached hydrogens (tertiary/aromatic N) is 1. The maximum atomic E-state index is 11.6. The van der Waals surface area contributed by atoms with Crippen molar-refractivity contribution in [3.05, 3.63) is 0 Å². The van der Waals surface area contributed by atoms with Gasteiger partial charge in [-0.2, -0.15) is 0 Å². The number of hydrogen-bond donors (Lipinski definition) is 2. The first-order valence-electron chi connectivity index (χ1n) is 5.83. The van der Waals surface area contributed by atoms with Gasteiger partial charge in [0.1, 0.15) is 6.04 Å². The van der Waals surface area contributed by atoms with Gasteiger partial charge in [0.15, 0.2) is 0 Å². The van der Waals surface area contributed by atoms with Crippen LogP contribution < -0.4 is 5.32 Å². The number of piperidine rings is 1. The fourth-order valence-electron chi connectivity index (χ4n) is 1.91. The highest BCUT2D eigenvalue weighted by atomic mass is 32.2. The third-order valence-corrected chi connectivity index (χ3v) is 4.95. The maximum Gasteiger partial charge on any atom is 0.320 e. The van der Waals surface area contributed by atoms with Gasteiger partial charge in [-0.3, -0.25) is 4.79 Å². The van der Waals surface area contributed by atoms with Crippen LogP contribution in [0.4, 0.5) is 0 Å². The smallest absolute Gasteiger partial charge is 0.320 e. The summed E-state index contributed by atoms with van der Waals surface area (Å²) in [6.45, 7) is 4.17. The van der Waals surface area contributed by atoms with E-state index >= 15 is 0 Å². The average molecular weight is 264 g/mol. The highest BCUT2D eigenvalue weighted by Crippen LogP contribution is 2.14. The molecule has 0 aliphatic carbocycles. The summed E-state index contributed by atoms with van der Waals surface area (Å²) in [5.41, 5.74) is 0. The topological polar surface area (TPSA) is 86.7 Å². The third-order valence-electron chi connectivity index (χ3n) is 3.07. The van der Waals surface area contributed by atoms with Crippen LogP contribution in [0.15, 0.2) is 0 Å². The lowest BCUT2D eigenvalue weighted by molar-refractivity contribution is -0.139. The van der Waals surface area contributed by atoms with E-state index in [0.717, 1.165) is 0 Å². The number of aliphatic carboxylic acids is 1. The lowest BCUT2D eigenvalue weighted by atomic mass is 10.1. The van der Waals surface area contributed by atoms with Crippen LogP contribution in [0, 0.1) is 0 Å². The number of carboxylic acid groups (broad SMARTS) is 1. The van der Waals surface area contributed by atoms with Gasteiger partial charge in [-0.1, -0.05) is 0 Å². The molecule has 0 bridgehead atoms. The molecule has 1 saturated heterocycles. The fourth-order valence-corrected chi connectivity index (χ4v) is 3.04. The van der Waals surface area contributed by atoms with E-state index < -0.39 is 22.0 Å². The van der Waals surface area contributed by atoms with Crippen LogP contribution in [0.3, 0.4) is 0 Å².